The molecule has 1 heterocycles. The van der Waals surface area contributed by atoms with Gasteiger partial charge in [-0.2, -0.15) is 18.3 Å². The molecular weight excluding hydrogens is 371 g/mol. The van der Waals surface area contributed by atoms with Gasteiger partial charge in [0, 0.05) is 16.2 Å². The number of hydrazone groups is 1. The maximum absolute atomic E-state index is 12.5. The van der Waals surface area contributed by atoms with Gasteiger partial charge < -0.3 is 0 Å². The highest BCUT2D eigenvalue weighted by atomic mass is 79.9. The average molecular weight is 379 g/mol. The maximum Gasteiger partial charge on any atom is 0.417 e. The first kappa shape index (κ1) is 15.8. The quantitative estimate of drug-likeness (QED) is 0.605. The topological polar surface area (TPSA) is 37.3 Å². The van der Waals surface area contributed by atoms with Crippen LogP contribution in [-0.4, -0.2) is 11.2 Å². The third-order valence-electron chi connectivity index (χ3n) is 2.45. The second kappa shape index (κ2) is 6.44. The molecule has 0 saturated carbocycles. The predicted molar refractivity (Wildman–Crippen MR) is 79.6 cm³/mol. The van der Waals surface area contributed by atoms with Gasteiger partial charge in [0.2, 0.25) is 0 Å². The minimum Gasteiger partial charge on any atom is -0.260 e. The van der Waals surface area contributed by atoms with Gasteiger partial charge >= 0.3 is 6.18 Å². The molecule has 3 nitrogen and oxygen atoms in total. The van der Waals surface area contributed by atoms with Gasteiger partial charge in [0.05, 0.1) is 16.8 Å². The van der Waals surface area contributed by atoms with Crippen LogP contribution in [0.1, 0.15) is 11.1 Å². The van der Waals surface area contributed by atoms with Crippen LogP contribution in [-0.2, 0) is 6.18 Å². The lowest BCUT2D eigenvalue weighted by Crippen LogP contribution is -2.06. The third-order valence-corrected chi connectivity index (χ3v) is 3.46. The Bertz CT molecular complexity index is 674. The van der Waals surface area contributed by atoms with E-state index in [-0.39, 0.29) is 10.8 Å². The van der Waals surface area contributed by atoms with Crippen LogP contribution in [0.15, 0.2) is 46.1 Å². The van der Waals surface area contributed by atoms with Crippen molar-refractivity contribution in [3.05, 3.63) is 57.2 Å². The normalized spacial score (nSPS) is 11.9. The first-order valence-electron chi connectivity index (χ1n) is 5.64. The van der Waals surface area contributed by atoms with Gasteiger partial charge in [0.25, 0.3) is 0 Å². The molecule has 0 spiro atoms. The van der Waals surface area contributed by atoms with Gasteiger partial charge in [-0.15, -0.1) is 0 Å². The number of nitrogens with zero attached hydrogens (tertiary/aromatic N) is 2. The Morgan fingerprint density at radius 3 is 2.62 bits per heavy atom. The fourth-order valence-electron chi connectivity index (χ4n) is 1.42. The van der Waals surface area contributed by atoms with Crippen molar-refractivity contribution in [3.63, 3.8) is 0 Å². The van der Waals surface area contributed by atoms with Crippen molar-refractivity contribution in [2.75, 3.05) is 5.43 Å². The molecule has 110 valence electrons. The van der Waals surface area contributed by atoms with Crippen LogP contribution < -0.4 is 5.43 Å². The van der Waals surface area contributed by atoms with Crippen LogP contribution in [0.3, 0.4) is 0 Å². The molecular formula is C13H8BrClF3N3. The van der Waals surface area contributed by atoms with Gasteiger partial charge in [0.1, 0.15) is 0 Å². The zero-order valence-electron chi connectivity index (χ0n) is 10.3. The van der Waals surface area contributed by atoms with Crippen molar-refractivity contribution in [1.29, 1.82) is 0 Å². The highest BCUT2D eigenvalue weighted by Gasteiger charge is 2.31. The monoisotopic (exact) mass is 377 g/mol. The standard InChI is InChI=1S/C13H8BrClF3N3/c14-10-4-2-1-3-8(10)6-20-21-12-11(15)5-9(7-19-12)13(16,17)18/h1-7H,(H,19,21)/b20-6+. The molecule has 0 radical (unpaired) electrons. The van der Waals surface area contributed by atoms with E-state index >= 15 is 0 Å². The summed E-state index contributed by atoms with van der Waals surface area (Å²) in [5.41, 5.74) is 2.40. The van der Waals surface area contributed by atoms with E-state index in [0.717, 1.165) is 16.1 Å². The number of rotatable bonds is 3. The zero-order chi connectivity index (χ0) is 15.5. The van der Waals surface area contributed by atoms with Gasteiger partial charge in [0.15, 0.2) is 5.82 Å². The second-order valence-corrected chi connectivity index (χ2v) is 5.21. The molecule has 2 rings (SSSR count). The number of alkyl halides is 3. The summed E-state index contributed by atoms with van der Waals surface area (Å²) in [6, 6.07) is 8.13. The van der Waals surface area contributed by atoms with Gasteiger partial charge in [-0.1, -0.05) is 45.7 Å². The summed E-state index contributed by atoms with van der Waals surface area (Å²) in [4.78, 5) is 3.61. The van der Waals surface area contributed by atoms with Crippen LogP contribution >= 0.6 is 27.5 Å². The molecule has 0 atom stereocenters. The Kier molecular flexibility index (Phi) is 4.84. The lowest BCUT2D eigenvalue weighted by atomic mass is 10.2. The van der Waals surface area contributed by atoms with Gasteiger partial charge in [-0.3, -0.25) is 5.43 Å². The first-order chi connectivity index (χ1) is 9.88. The molecule has 0 saturated heterocycles. The molecule has 0 fully saturated rings. The number of anilines is 1. The number of hydrogen-bond donors (Lipinski definition) is 1. The molecule has 1 aromatic carbocycles. The van der Waals surface area contributed by atoms with Crippen molar-refractivity contribution in [1.82, 2.24) is 4.98 Å². The van der Waals surface area contributed by atoms with Crippen LogP contribution in [0.2, 0.25) is 5.02 Å². The molecule has 0 aliphatic carbocycles. The molecule has 1 N–H and O–H groups in total. The van der Waals surface area contributed by atoms with E-state index in [0.29, 0.717) is 6.20 Å². The summed E-state index contributed by atoms with van der Waals surface area (Å²) < 4.78 is 38.2. The van der Waals surface area contributed by atoms with Crippen LogP contribution in [0, 0.1) is 0 Å². The molecule has 0 unspecified atom stereocenters. The van der Waals surface area contributed by atoms with Crippen molar-refractivity contribution >= 4 is 39.6 Å². The van der Waals surface area contributed by atoms with E-state index in [1.54, 1.807) is 0 Å². The Morgan fingerprint density at radius 1 is 1.29 bits per heavy atom. The van der Waals surface area contributed by atoms with Crippen LogP contribution in [0.25, 0.3) is 0 Å². The van der Waals surface area contributed by atoms with Crippen molar-refractivity contribution in [2.45, 2.75) is 6.18 Å². The van der Waals surface area contributed by atoms with E-state index in [1.165, 1.54) is 6.21 Å². The number of benzene rings is 1. The second-order valence-electron chi connectivity index (χ2n) is 3.94. The molecule has 0 aliphatic heterocycles. The Morgan fingerprint density at radius 2 is 2.00 bits per heavy atom. The first-order valence-corrected chi connectivity index (χ1v) is 6.81. The minimum atomic E-state index is -4.48. The Balaban J connectivity index is 2.12. The van der Waals surface area contributed by atoms with Crippen molar-refractivity contribution in [2.24, 2.45) is 5.10 Å². The van der Waals surface area contributed by atoms with Gasteiger partial charge in [-0.25, -0.2) is 4.98 Å². The zero-order valence-corrected chi connectivity index (χ0v) is 12.7. The number of aromatic nitrogens is 1. The Hall–Kier alpha value is -1.60. The van der Waals surface area contributed by atoms with Gasteiger partial charge in [-0.05, 0) is 12.1 Å². The van der Waals surface area contributed by atoms with Crippen molar-refractivity contribution in [3.8, 4) is 0 Å². The molecule has 8 heteroatoms. The largest absolute Gasteiger partial charge is 0.417 e. The third kappa shape index (κ3) is 4.18. The highest BCUT2D eigenvalue weighted by Crippen LogP contribution is 2.32. The minimum absolute atomic E-state index is 0.0490. The predicted octanol–water partition coefficient (Wildman–Crippen LogP) is 4.96. The summed E-state index contributed by atoms with van der Waals surface area (Å²) in [7, 11) is 0. The number of nitrogens with one attached hydrogen (secondary N) is 1. The molecule has 0 aliphatic rings. The molecule has 0 bridgehead atoms. The van der Waals surface area contributed by atoms with E-state index in [4.69, 9.17) is 11.6 Å². The van der Waals surface area contributed by atoms with Crippen LogP contribution in [0.4, 0.5) is 19.0 Å². The average Bonchev–Trinajstić information content (AvgIpc) is 2.41. The SMILES string of the molecule is FC(F)(F)c1cnc(N/N=C/c2ccccc2Br)c(Cl)c1. The lowest BCUT2D eigenvalue weighted by Gasteiger charge is -2.08. The summed E-state index contributed by atoms with van der Waals surface area (Å²) in [5.74, 6) is 0.0490. The molecule has 1 aromatic heterocycles. The van der Waals surface area contributed by atoms with E-state index < -0.39 is 11.7 Å². The molecule has 21 heavy (non-hydrogen) atoms. The van der Waals surface area contributed by atoms with Crippen LogP contribution in [0.5, 0.6) is 0 Å². The summed E-state index contributed by atoms with van der Waals surface area (Å²) >= 11 is 9.08. The van der Waals surface area contributed by atoms with E-state index in [9.17, 15) is 13.2 Å². The maximum atomic E-state index is 12.5. The molecule has 0 amide bonds. The Labute approximate surface area is 132 Å². The summed E-state index contributed by atoms with van der Waals surface area (Å²) in [6.45, 7) is 0. The van der Waals surface area contributed by atoms with E-state index in [2.05, 4.69) is 31.4 Å². The molecule has 2 aromatic rings. The summed E-state index contributed by atoms with van der Waals surface area (Å²) in [5, 5.41) is 3.73. The number of halogens is 5. The fraction of sp³-hybridized carbons (Fsp3) is 0.0769. The number of pyridine rings is 1. The van der Waals surface area contributed by atoms with Crippen molar-refractivity contribution < 1.29 is 13.2 Å². The van der Waals surface area contributed by atoms with E-state index in [1.807, 2.05) is 24.3 Å². The number of hydrogen-bond acceptors (Lipinski definition) is 3. The summed E-state index contributed by atoms with van der Waals surface area (Å²) in [6.07, 6.45) is -2.28. The smallest absolute Gasteiger partial charge is 0.260 e. The highest BCUT2D eigenvalue weighted by molar-refractivity contribution is 9.10. The fourth-order valence-corrected chi connectivity index (χ4v) is 2.01. The lowest BCUT2D eigenvalue weighted by molar-refractivity contribution is -0.137.